The molecule has 34 heavy (non-hydrogen) atoms. The minimum atomic E-state index is -0.211. The van der Waals surface area contributed by atoms with Crippen molar-refractivity contribution in [1.82, 2.24) is 0 Å². The molecule has 0 saturated carbocycles. The lowest BCUT2D eigenvalue weighted by Crippen LogP contribution is -2.22. The summed E-state index contributed by atoms with van der Waals surface area (Å²) >= 11 is 0. The Bertz CT molecular complexity index is 1060. The molecule has 3 aromatic rings. The maximum absolute atomic E-state index is 12.5. The van der Waals surface area contributed by atoms with Gasteiger partial charge in [0.05, 0.1) is 18.8 Å². The van der Waals surface area contributed by atoms with Gasteiger partial charge in [0.2, 0.25) is 11.8 Å². The number of para-hydroxylation sites is 2. The Kier molecular flexibility index (Phi) is 9.95. The molecular formula is C27H31N3O4. The van der Waals surface area contributed by atoms with Gasteiger partial charge >= 0.3 is 0 Å². The number of rotatable bonds is 13. The predicted octanol–water partition coefficient (Wildman–Crippen LogP) is 4.72. The van der Waals surface area contributed by atoms with Crippen LogP contribution in [0, 0.1) is 0 Å². The Hall–Kier alpha value is -3.84. The minimum absolute atomic E-state index is 0.0689. The summed E-state index contributed by atoms with van der Waals surface area (Å²) in [7, 11) is 0. The quantitative estimate of drug-likeness (QED) is 0.321. The highest BCUT2D eigenvalue weighted by atomic mass is 16.5. The lowest BCUT2D eigenvalue weighted by atomic mass is 10.1. The average Bonchev–Trinajstić information content (AvgIpc) is 2.85. The zero-order valence-corrected chi connectivity index (χ0v) is 19.4. The highest BCUT2D eigenvalue weighted by Gasteiger charge is 2.08. The first-order chi connectivity index (χ1) is 16.6. The Morgan fingerprint density at radius 1 is 0.794 bits per heavy atom. The van der Waals surface area contributed by atoms with Crippen molar-refractivity contribution in [3.63, 3.8) is 0 Å². The van der Waals surface area contributed by atoms with Crippen molar-refractivity contribution in [3.05, 3.63) is 84.4 Å². The molecule has 0 radical (unpaired) electrons. The molecule has 3 aromatic carbocycles. The van der Waals surface area contributed by atoms with Gasteiger partial charge in [-0.25, -0.2) is 0 Å². The van der Waals surface area contributed by atoms with E-state index in [0.717, 1.165) is 11.3 Å². The molecule has 3 N–H and O–H groups in total. The van der Waals surface area contributed by atoms with Crippen molar-refractivity contribution in [3.8, 4) is 5.75 Å². The summed E-state index contributed by atoms with van der Waals surface area (Å²) in [6, 6.07) is 24.4. The van der Waals surface area contributed by atoms with Crippen LogP contribution in [0.5, 0.6) is 5.75 Å². The third kappa shape index (κ3) is 8.60. The summed E-state index contributed by atoms with van der Waals surface area (Å²) in [6.07, 6.45) is 1.06. The van der Waals surface area contributed by atoms with E-state index in [-0.39, 0.29) is 18.4 Å². The molecule has 0 saturated heterocycles. The predicted molar refractivity (Wildman–Crippen MR) is 135 cm³/mol. The van der Waals surface area contributed by atoms with Crippen LogP contribution in [0.3, 0.4) is 0 Å². The van der Waals surface area contributed by atoms with E-state index < -0.39 is 0 Å². The number of ether oxygens (including phenoxy) is 2. The molecule has 3 rings (SSSR count). The third-order valence-corrected chi connectivity index (χ3v) is 4.93. The molecule has 2 amide bonds. The van der Waals surface area contributed by atoms with Gasteiger partial charge in [0, 0.05) is 24.4 Å². The van der Waals surface area contributed by atoms with E-state index in [1.165, 1.54) is 0 Å². The molecule has 0 aromatic heterocycles. The van der Waals surface area contributed by atoms with Crippen molar-refractivity contribution >= 4 is 28.9 Å². The summed E-state index contributed by atoms with van der Waals surface area (Å²) in [4.78, 5) is 24.8. The Morgan fingerprint density at radius 2 is 1.50 bits per heavy atom. The van der Waals surface area contributed by atoms with Gasteiger partial charge in [0.1, 0.15) is 12.4 Å². The van der Waals surface area contributed by atoms with Crippen LogP contribution in [-0.2, 0) is 20.7 Å². The second-order valence-electron chi connectivity index (χ2n) is 7.56. The maximum atomic E-state index is 12.5. The molecule has 0 spiro atoms. The van der Waals surface area contributed by atoms with Crippen molar-refractivity contribution in [2.24, 2.45) is 0 Å². The van der Waals surface area contributed by atoms with Crippen molar-refractivity contribution in [1.29, 1.82) is 0 Å². The second kappa shape index (κ2) is 13.6. The Balaban J connectivity index is 1.46. The fourth-order valence-corrected chi connectivity index (χ4v) is 3.27. The van der Waals surface area contributed by atoms with Gasteiger partial charge in [0.25, 0.3) is 0 Å². The number of nitrogens with one attached hydrogen (secondary N) is 3. The highest BCUT2D eigenvalue weighted by Crippen LogP contribution is 2.23. The molecule has 0 aliphatic carbocycles. The standard InChI is InChI=1S/C27H31N3O4/c1-2-33-17-18-34-25-14-7-6-13-24(25)28-20-27(32)30-23-12-8-11-22(19-23)29-26(31)16-15-21-9-4-3-5-10-21/h3-14,19,28H,2,15-18,20H2,1H3,(H,29,31)(H,30,32). The molecule has 0 heterocycles. The van der Waals surface area contributed by atoms with Crippen LogP contribution >= 0.6 is 0 Å². The molecule has 0 fully saturated rings. The monoisotopic (exact) mass is 461 g/mol. The molecule has 0 unspecified atom stereocenters. The van der Waals surface area contributed by atoms with Crippen LogP contribution in [0.2, 0.25) is 0 Å². The summed E-state index contributed by atoms with van der Waals surface area (Å²) in [5.41, 5.74) is 3.09. The first kappa shape index (κ1) is 24.8. The average molecular weight is 462 g/mol. The number of benzene rings is 3. The number of carbonyl (C=O) groups is 2. The first-order valence-electron chi connectivity index (χ1n) is 11.4. The van der Waals surface area contributed by atoms with Gasteiger partial charge in [0.15, 0.2) is 0 Å². The van der Waals surface area contributed by atoms with Crippen LogP contribution in [0.4, 0.5) is 17.1 Å². The summed E-state index contributed by atoms with van der Waals surface area (Å²) in [6.45, 7) is 3.58. The lowest BCUT2D eigenvalue weighted by Gasteiger charge is -2.13. The van der Waals surface area contributed by atoms with Crippen LogP contribution in [0.25, 0.3) is 0 Å². The fraction of sp³-hybridized carbons (Fsp3) is 0.259. The molecular weight excluding hydrogens is 430 g/mol. The van der Waals surface area contributed by atoms with E-state index in [1.54, 1.807) is 24.3 Å². The van der Waals surface area contributed by atoms with Crippen LogP contribution in [0.1, 0.15) is 18.9 Å². The van der Waals surface area contributed by atoms with E-state index in [1.807, 2.05) is 61.5 Å². The lowest BCUT2D eigenvalue weighted by molar-refractivity contribution is -0.116. The van der Waals surface area contributed by atoms with E-state index in [4.69, 9.17) is 9.47 Å². The third-order valence-electron chi connectivity index (χ3n) is 4.93. The number of hydrogen-bond donors (Lipinski definition) is 3. The molecule has 0 bridgehead atoms. The smallest absolute Gasteiger partial charge is 0.243 e. The topological polar surface area (TPSA) is 88.7 Å². The first-order valence-corrected chi connectivity index (χ1v) is 11.4. The number of hydrogen-bond acceptors (Lipinski definition) is 5. The number of amides is 2. The number of aryl methyl sites for hydroxylation is 1. The van der Waals surface area contributed by atoms with Gasteiger partial charge in [-0.2, -0.15) is 0 Å². The van der Waals surface area contributed by atoms with Gasteiger partial charge < -0.3 is 25.4 Å². The molecule has 7 nitrogen and oxygen atoms in total. The van der Waals surface area contributed by atoms with E-state index in [0.29, 0.717) is 49.8 Å². The Morgan fingerprint density at radius 3 is 2.26 bits per heavy atom. The summed E-state index contributed by atoms with van der Waals surface area (Å²) < 4.78 is 11.0. The van der Waals surface area contributed by atoms with Gasteiger partial charge in [-0.3, -0.25) is 9.59 Å². The molecule has 0 atom stereocenters. The maximum Gasteiger partial charge on any atom is 0.243 e. The van der Waals surface area contributed by atoms with Gasteiger partial charge in [-0.1, -0.05) is 48.5 Å². The zero-order valence-electron chi connectivity index (χ0n) is 19.4. The zero-order chi connectivity index (χ0) is 24.0. The molecule has 7 heteroatoms. The summed E-state index contributed by atoms with van der Waals surface area (Å²) in [5.74, 6) is 0.377. The minimum Gasteiger partial charge on any atom is -0.489 e. The number of carbonyl (C=O) groups excluding carboxylic acids is 2. The molecule has 0 aliphatic rings. The van der Waals surface area contributed by atoms with Crippen molar-refractivity contribution in [2.75, 3.05) is 42.3 Å². The van der Waals surface area contributed by atoms with Crippen LogP contribution in [-0.4, -0.2) is 38.2 Å². The highest BCUT2D eigenvalue weighted by molar-refractivity contribution is 5.96. The van der Waals surface area contributed by atoms with Crippen LogP contribution < -0.4 is 20.7 Å². The SMILES string of the molecule is CCOCCOc1ccccc1NCC(=O)Nc1cccc(NC(=O)CCc2ccccc2)c1. The van der Waals surface area contributed by atoms with E-state index in [9.17, 15) is 9.59 Å². The van der Waals surface area contributed by atoms with Crippen molar-refractivity contribution < 1.29 is 19.1 Å². The van der Waals surface area contributed by atoms with E-state index >= 15 is 0 Å². The second-order valence-corrected chi connectivity index (χ2v) is 7.56. The van der Waals surface area contributed by atoms with Gasteiger partial charge in [-0.05, 0) is 49.2 Å². The van der Waals surface area contributed by atoms with E-state index in [2.05, 4.69) is 16.0 Å². The van der Waals surface area contributed by atoms with Gasteiger partial charge in [-0.15, -0.1) is 0 Å². The Labute approximate surface area is 200 Å². The van der Waals surface area contributed by atoms with Crippen molar-refractivity contribution in [2.45, 2.75) is 19.8 Å². The normalized spacial score (nSPS) is 10.4. The summed E-state index contributed by atoms with van der Waals surface area (Å²) in [5, 5.41) is 8.84. The van der Waals surface area contributed by atoms with Crippen LogP contribution in [0.15, 0.2) is 78.9 Å². The number of anilines is 3. The fourth-order valence-electron chi connectivity index (χ4n) is 3.27. The molecule has 0 aliphatic heterocycles. The largest absolute Gasteiger partial charge is 0.489 e. The molecule has 178 valence electrons.